The number of allylic oxidation sites excluding steroid dienone is 2. The van der Waals surface area contributed by atoms with Crippen LogP contribution in [-0.2, 0) is 9.53 Å². The van der Waals surface area contributed by atoms with Gasteiger partial charge in [-0.1, -0.05) is 70.4 Å². The predicted molar refractivity (Wildman–Crippen MR) is 104 cm³/mol. The van der Waals surface area contributed by atoms with E-state index in [0.717, 1.165) is 12.8 Å². The van der Waals surface area contributed by atoms with Crippen molar-refractivity contribution in [2.45, 2.75) is 96.8 Å². The first kappa shape index (κ1) is 27.3. The number of hydrogen-bond acceptors (Lipinski definition) is 3. The Hall–Kier alpha value is -0.540. The van der Waals surface area contributed by atoms with Crippen molar-refractivity contribution in [3.63, 3.8) is 0 Å². The Kier molecular flexibility index (Phi) is 28.2. The van der Waals surface area contributed by atoms with E-state index in [0.29, 0.717) is 6.42 Å². The molecule has 0 fully saturated rings. The fraction of sp³-hybridized carbons (Fsp3) is 0.842. The fourth-order valence-electron chi connectivity index (χ4n) is 2.44. The van der Waals surface area contributed by atoms with Gasteiger partial charge >= 0.3 is 5.97 Å². The molecule has 0 unspecified atom stereocenters. The number of esters is 1. The number of unbranched alkanes of at least 4 members (excludes halogenated alkanes) is 11. The average Bonchev–Trinajstić information content (AvgIpc) is 2.50. The summed E-state index contributed by atoms with van der Waals surface area (Å²) in [4.78, 5) is 10.9. The van der Waals surface area contributed by atoms with Crippen LogP contribution in [0.2, 0.25) is 0 Å². The van der Waals surface area contributed by atoms with Crippen molar-refractivity contribution >= 4 is 18.4 Å². The van der Waals surface area contributed by atoms with Crippen molar-refractivity contribution < 1.29 is 9.53 Å². The number of rotatable bonds is 15. The maximum atomic E-state index is 10.9. The molecule has 0 aliphatic carbocycles. The molecule has 0 saturated heterocycles. The van der Waals surface area contributed by atoms with Gasteiger partial charge in [0, 0.05) is 6.42 Å². The molecule has 3 N–H and O–H groups in total. The third-order valence-electron chi connectivity index (χ3n) is 3.87. The number of carbonyl (C=O) groups excluding carboxylic acids is 1. The first-order valence-electron chi connectivity index (χ1n) is 9.03. The minimum absolute atomic E-state index is 0. The van der Waals surface area contributed by atoms with E-state index in [-0.39, 0.29) is 24.5 Å². The number of carbonyl (C=O) groups is 1. The van der Waals surface area contributed by atoms with E-state index >= 15 is 0 Å². The van der Waals surface area contributed by atoms with Crippen molar-refractivity contribution in [3.05, 3.63) is 12.2 Å². The second-order valence-corrected chi connectivity index (χ2v) is 5.91. The Morgan fingerprint density at radius 3 is 1.70 bits per heavy atom. The van der Waals surface area contributed by atoms with Gasteiger partial charge in [-0.2, -0.15) is 0 Å². The van der Waals surface area contributed by atoms with E-state index in [4.69, 9.17) is 0 Å². The van der Waals surface area contributed by atoms with Gasteiger partial charge < -0.3 is 10.9 Å². The Morgan fingerprint density at radius 2 is 1.22 bits per heavy atom. The topological polar surface area (TPSA) is 61.3 Å². The largest absolute Gasteiger partial charge is 0.469 e. The summed E-state index contributed by atoms with van der Waals surface area (Å²) in [5, 5.41) is 0. The first-order chi connectivity index (χ1) is 10.3. The molecule has 0 rings (SSSR count). The number of ether oxygens (including phenoxy) is 1. The highest BCUT2D eigenvalue weighted by molar-refractivity contribution is 5.85. The first-order valence-corrected chi connectivity index (χ1v) is 9.03. The third kappa shape index (κ3) is 23.8. The molecule has 0 spiro atoms. The summed E-state index contributed by atoms with van der Waals surface area (Å²) in [7, 11) is 1.46. The van der Waals surface area contributed by atoms with Crippen LogP contribution in [-0.4, -0.2) is 13.1 Å². The molecule has 0 bridgehead atoms. The zero-order valence-electron chi connectivity index (χ0n) is 15.5. The van der Waals surface area contributed by atoms with E-state index in [9.17, 15) is 4.79 Å². The average molecular weight is 350 g/mol. The van der Waals surface area contributed by atoms with Crippen molar-refractivity contribution in [3.8, 4) is 0 Å². The molecule has 0 aliphatic heterocycles. The van der Waals surface area contributed by atoms with Crippen LogP contribution in [0, 0.1) is 0 Å². The molecule has 0 aromatic rings. The summed E-state index contributed by atoms with van der Waals surface area (Å²) in [6, 6.07) is 0. The molecule has 0 saturated carbocycles. The summed E-state index contributed by atoms with van der Waals surface area (Å²) in [5.74, 6) is -0.0763. The Morgan fingerprint density at radius 1 is 0.783 bits per heavy atom. The van der Waals surface area contributed by atoms with Gasteiger partial charge in [-0.05, 0) is 32.1 Å². The highest BCUT2D eigenvalue weighted by atomic mass is 35.5. The summed E-state index contributed by atoms with van der Waals surface area (Å²) in [5.41, 5.74) is 0. The van der Waals surface area contributed by atoms with Gasteiger partial charge in [0.1, 0.15) is 0 Å². The molecule has 0 heterocycles. The molecule has 0 atom stereocenters. The van der Waals surface area contributed by atoms with Gasteiger partial charge in [0.2, 0.25) is 0 Å². The number of halogens is 1. The maximum absolute atomic E-state index is 10.9. The summed E-state index contributed by atoms with van der Waals surface area (Å²) in [6.07, 6.45) is 22.0. The lowest BCUT2D eigenvalue weighted by Gasteiger charge is -2.00. The smallest absolute Gasteiger partial charge is 0.305 e. The molecular weight excluding hydrogens is 310 g/mol. The van der Waals surface area contributed by atoms with E-state index in [1.165, 1.54) is 77.7 Å². The van der Waals surface area contributed by atoms with Gasteiger partial charge in [0.25, 0.3) is 0 Å². The Balaban J connectivity index is -0.00000200. The van der Waals surface area contributed by atoms with Gasteiger partial charge in [0.05, 0.1) is 7.11 Å². The molecule has 0 aromatic heterocycles. The van der Waals surface area contributed by atoms with E-state index < -0.39 is 0 Å². The van der Waals surface area contributed by atoms with Gasteiger partial charge in [0.15, 0.2) is 0 Å². The molecule has 140 valence electrons. The summed E-state index contributed by atoms with van der Waals surface area (Å²) < 4.78 is 4.62. The zero-order chi connectivity index (χ0) is 15.6. The van der Waals surface area contributed by atoms with Crippen molar-refractivity contribution in [2.75, 3.05) is 7.11 Å². The van der Waals surface area contributed by atoms with Crippen LogP contribution in [0.3, 0.4) is 0 Å². The molecule has 4 heteroatoms. The minimum atomic E-state index is -0.0763. The zero-order valence-corrected chi connectivity index (χ0v) is 16.3. The van der Waals surface area contributed by atoms with Crippen molar-refractivity contribution in [1.29, 1.82) is 0 Å². The van der Waals surface area contributed by atoms with E-state index in [2.05, 4.69) is 23.8 Å². The molecule has 0 amide bonds. The van der Waals surface area contributed by atoms with Crippen molar-refractivity contribution in [1.82, 2.24) is 6.15 Å². The number of hydrogen-bond donors (Lipinski definition) is 1. The van der Waals surface area contributed by atoms with Crippen LogP contribution in [0.5, 0.6) is 0 Å². The van der Waals surface area contributed by atoms with Crippen LogP contribution in [0.15, 0.2) is 12.2 Å². The molecule has 0 aromatic carbocycles. The second-order valence-electron chi connectivity index (χ2n) is 5.91. The number of methoxy groups -OCH3 is 1. The molecular formula is C19H40ClNO2. The third-order valence-corrected chi connectivity index (χ3v) is 3.87. The maximum Gasteiger partial charge on any atom is 0.305 e. The van der Waals surface area contributed by atoms with Crippen LogP contribution in [0.1, 0.15) is 96.8 Å². The normalized spacial score (nSPS) is 10.2. The molecule has 0 aliphatic rings. The standard InChI is InChI=1S/C19H36O2.ClH.H3N/c1-3-4-5-6-7-8-9-10-11-12-13-14-15-16-17-18-19(20)21-2;;/h10-11H,3-9,12-18H2,1-2H3;1H;1H3/b11-10-;;. The van der Waals surface area contributed by atoms with Crippen LogP contribution < -0.4 is 6.15 Å². The Bertz CT molecular complexity index is 258. The SMILES string of the molecule is CCCCCCCC/C=C\CCCCCCCC(=O)OC.Cl.N. The van der Waals surface area contributed by atoms with Crippen LogP contribution >= 0.6 is 12.4 Å². The lowest BCUT2D eigenvalue weighted by molar-refractivity contribution is -0.140. The summed E-state index contributed by atoms with van der Waals surface area (Å²) in [6.45, 7) is 2.27. The fourth-order valence-corrected chi connectivity index (χ4v) is 2.44. The lowest BCUT2D eigenvalue weighted by Crippen LogP contribution is -1.98. The monoisotopic (exact) mass is 349 g/mol. The summed E-state index contributed by atoms with van der Waals surface area (Å²) >= 11 is 0. The van der Waals surface area contributed by atoms with Gasteiger partial charge in [-0.25, -0.2) is 0 Å². The van der Waals surface area contributed by atoms with Crippen LogP contribution in [0.25, 0.3) is 0 Å². The van der Waals surface area contributed by atoms with Crippen molar-refractivity contribution in [2.24, 2.45) is 0 Å². The lowest BCUT2D eigenvalue weighted by atomic mass is 10.1. The highest BCUT2D eigenvalue weighted by Crippen LogP contribution is 2.10. The van der Waals surface area contributed by atoms with E-state index in [1.54, 1.807) is 0 Å². The molecule has 23 heavy (non-hydrogen) atoms. The van der Waals surface area contributed by atoms with Gasteiger partial charge in [-0.15, -0.1) is 12.4 Å². The van der Waals surface area contributed by atoms with Crippen LogP contribution in [0.4, 0.5) is 0 Å². The Labute approximate surface area is 150 Å². The second kappa shape index (κ2) is 23.7. The van der Waals surface area contributed by atoms with Gasteiger partial charge in [-0.3, -0.25) is 4.79 Å². The molecule has 3 nitrogen and oxygen atoms in total. The highest BCUT2D eigenvalue weighted by Gasteiger charge is 1.98. The predicted octanol–water partition coefficient (Wildman–Crippen LogP) is 6.78. The minimum Gasteiger partial charge on any atom is -0.469 e. The van der Waals surface area contributed by atoms with E-state index in [1.807, 2.05) is 0 Å². The quantitative estimate of drug-likeness (QED) is 0.201. The molecule has 0 radical (unpaired) electrons.